The highest BCUT2D eigenvalue weighted by Crippen LogP contribution is 2.41. The number of benzene rings is 2. The molecular formula is C25H20Cl3F6NO2. The third-order valence-corrected chi connectivity index (χ3v) is 6.91. The second kappa shape index (κ2) is 11.3. The summed E-state index contributed by atoms with van der Waals surface area (Å²) in [6, 6.07) is 3.82. The van der Waals surface area contributed by atoms with Crippen molar-refractivity contribution in [1.82, 2.24) is 5.32 Å². The molecule has 2 atom stereocenters. The molecule has 12 heteroatoms. The number of carbonyl (C=O) groups is 2. The van der Waals surface area contributed by atoms with E-state index in [-0.39, 0.29) is 44.3 Å². The first-order valence-corrected chi connectivity index (χ1v) is 12.2. The van der Waals surface area contributed by atoms with Crippen LogP contribution in [0.1, 0.15) is 59.2 Å². The molecular weight excluding hydrogens is 567 g/mol. The summed E-state index contributed by atoms with van der Waals surface area (Å²) < 4.78 is 82.5. The van der Waals surface area contributed by atoms with E-state index in [2.05, 4.69) is 5.32 Å². The Hall–Kier alpha value is -2.23. The van der Waals surface area contributed by atoms with Crippen molar-refractivity contribution in [3.05, 3.63) is 73.7 Å². The molecule has 1 N–H and O–H groups in total. The zero-order valence-corrected chi connectivity index (χ0v) is 21.4. The summed E-state index contributed by atoms with van der Waals surface area (Å²) in [6.07, 6.45) is -6.74. The zero-order valence-electron chi connectivity index (χ0n) is 19.1. The number of alkyl halides is 6. The van der Waals surface area contributed by atoms with E-state index in [9.17, 15) is 35.9 Å². The fourth-order valence-electron chi connectivity index (χ4n) is 3.70. The molecule has 37 heavy (non-hydrogen) atoms. The van der Waals surface area contributed by atoms with Crippen LogP contribution in [0.5, 0.6) is 0 Å². The number of nitrogens with one attached hydrogen (secondary N) is 1. The number of hydrogen-bond donors (Lipinski definition) is 1. The molecule has 0 heterocycles. The molecule has 0 saturated heterocycles. The predicted molar refractivity (Wildman–Crippen MR) is 130 cm³/mol. The van der Waals surface area contributed by atoms with Crippen molar-refractivity contribution in [3.8, 4) is 0 Å². The lowest BCUT2D eigenvalue weighted by atomic mass is 9.96. The van der Waals surface area contributed by atoms with E-state index in [4.69, 9.17) is 34.8 Å². The fourth-order valence-corrected chi connectivity index (χ4v) is 4.31. The van der Waals surface area contributed by atoms with Crippen LogP contribution in [0.2, 0.25) is 15.1 Å². The van der Waals surface area contributed by atoms with Crippen LogP contribution in [0.4, 0.5) is 26.3 Å². The predicted octanol–water partition coefficient (Wildman–Crippen LogP) is 8.51. The molecule has 3 nitrogen and oxygen atoms in total. The quantitative estimate of drug-likeness (QED) is 0.249. The SMILES string of the molecule is C[C@H](CC(=O)C1CC1)NC(=O)c1ccc(/C=C/C(c2cc(Cl)c(Cl)c(Cl)c2)C(F)(F)F)cc1C(F)(F)F. The van der Waals surface area contributed by atoms with Crippen molar-refractivity contribution in [3.63, 3.8) is 0 Å². The molecule has 3 rings (SSSR count). The van der Waals surface area contributed by atoms with Crippen molar-refractivity contribution in [2.24, 2.45) is 5.92 Å². The van der Waals surface area contributed by atoms with E-state index in [0.29, 0.717) is 12.1 Å². The molecule has 1 amide bonds. The van der Waals surface area contributed by atoms with Gasteiger partial charge in [-0.3, -0.25) is 9.59 Å². The molecule has 0 aliphatic heterocycles. The van der Waals surface area contributed by atoms with Gasteiger partial charge in [0.1, 0.15) is 5.78 Å². The number of halogens is 9. The first-order valence-electron chi connectivity index (χ1n) is 11.0. The van der Waals surface area contributed by atoms with Crippen molar-refractivity contribution >= 4 is 52.6 Å². The number of amides is 1. The fraction of sp³-hybridized carbons (Fsp3) is 0.360. The zero-order chi connectivity index (χ0) is 27.7. The van der Waals surface area contributed by atoms with Gasteiger partial charge in [0.05, 0.1) is 32.1 Å². The average molecular weight is 587 g/mol. The monoisotopic (exact) mass is 585 g/mol. The third kappa shape index (κ3) is 7.65. The second-order valence-electron chi connectivity index (χ2n) is 8.80. The Balaban J connectivity index is 1.88. The van der Waals surface area contributed by atoms with Crippen LogP contribution in [0.3, 0.4) is 0 Å². The molecule has 1 aliphatic rings. The third-order valence-electron chi connectivity index (χ3n) is 5.71. The van der Waals surface area contributed by atoms with Crippen molar-refractivity contribution < 1.29 is 35.9 Å². The minimum Gasteiger partial charge on any atom is -0.349 e. The van der Waals surface area contributed by atoms with Gasteiger partial charge in [0, 0.05) is 18.4 Å². The Bertz CT molecular complexity index is 1200. The number of hydrogen-bond acceptors (Lipinski definition) is 2. The molecule has 2 aromatic carbocycles. The molecule has 1 saturated carbocycles. The van der Waals surface area contributed by atoms with E-state index in [1.165, 1.54) is 6.92 Å². The lowest BCUT2D eigenvalue weighted by Gasteiger charge is -2.19. The smallest absolute Gasteiger partial charge is 0.349 e. The summed E-state index contributed by atoms with van der Waals surface area (Å²) in [4.78, 5) is 24.5. The molecule has 0 aromatic heterocycles. The number of carbonyl (C=O) groups excluding carboxylic acids is 2. The van der Waals surface area contributed by atoms with Gasteiger partial charge in [-0.05, 0) is 55.2 Å². The summed E-state index contributed by atoms with van der Waals surface area (Å²) in [5.74, 6) is -3.41. The first kappa shape index (κ1) is 29.3. The Labute approximate surface area is 223 Å². The van der Waals surface area contributed by atoms with Gasteiger partial charge in [0.15, 0.2) is 0 Å². The highest BCUT2D eigenvalue weighted by molar-refractivity contribution is 6.48. The molecule has 2 aromatic rings. The number of ketones is 1. The minimum absolute atomic E-state index is 0.00383. The first-order chi connectivity index (χ1) is 17.1. The molecule has 1 fully saturated rings. The van der Waals surface area contributed by atoms with E-state index in [1.54, 1.807) is 0 Å². The Morgan fingerprint density at radius 2 is 1.62 bits per heavy atom. The maximum absolute atomic E-state index is 13.8. The summed E-state index contributed by atoms with van der Waals surface area (Å²) in [5, 5.41) is 1.83. The number of Topliss-reactive ketones (excluding diaryl/α,β-unsaturated/α-hetero) is 1. The summed E-state index contributed by atoms with van der Waals surface area (Å²) in [6.45, 7) is 1.51. The molecule has 0 bridgehead atoms. The Morgan fingerprint density at radius 1 is 1.03 bits per heavy atom. The summed E-state index contributed by atoms with van der Waals surface area (Å²) in [7, 11) is 0. The van der Waals surface area contributed by atoms with E-state index in [0.717, 1.165) is 43.2 Å². The van der Waals surface area contributed by atoms with Gasteiger partial charge in [-0.2, -0.15) is 26.3 Å². The van der Waals surface area contributed by atoms with Crippen LogP contribution in [0.25, 0.3) is 6.08 Å². The lowest BCUT2D eigenvalue weighted by Crippen LogP contribution is -2.35. The maximum atomic E-state index is 13.8. The highest BCUT2D eigenvalue weighted by atomic mass is 35.5. The van der Waals surface area contributed by atoms with Crippen LogP contribution < -0.4 is 5.32 Å². The lowest BCUT2D eigenvalue weighted by molar-refractivity contribution is -0.139. The van der Waals surface area contributed by atoms with Gasteiger partial charge in [0.25, 0.3) is 5.91 Å². The maximum Gasteiger partial charge on any atom is 0.417 e. The molecule has 0 spiro atoms. The van der Waals surface area contributed by atoms with E-state index in [1.807, 2.05) is 0 Å². The topological polar surface area (TPSA) is 46.2 Å². The van der Waals surface area contributed by atoms with Crippen LogP contribution in [-0.2, 0) is 11.0 Å². The molecule has 0 radical (unpaired) electrons. The molecule has 200 valence electrons. The van der Waals surface area contributed by atoms with Crippen LogP contribution in [0, 0.1) is 5.92 Å². The number of allylic oxidation sites excluding steroid dienone is 1. The second-order valence-corrected chi connectivity index (χ2v) is 9.99. The van der Waals surface area contributed by atoms with E-state index < -0.39 is 41.3 Å². The van der Waals surface area contributed by atoms with Crippen molar-refractivity contribution in [1.29, 1.82) is 0 Å². The number of rotatable bonds is 8. The summed E-state index contributed by atoms with van der Waals surface area (Å²) in [5.41, 5.74) is -2.61. The molecule has 1 aliphatic carbocycles. The highest BCUT2D eigenvalue weighted by Gasteiger charge is 2.40. The van der Waals surface area contributed by atoms with Gasteiger partial charge in [-0.15, -0.1) is 0 Å². The molecule has 1 unspecified atom stereocenters. The van der Waals surface area contributed by atoms with Gasteiger partial charge in [-0.25, -0.2) is 0 Å². The largest absolute Gasteiger partial charge is 0.417 e. The average Bonchev–Trinajstić information content (AvgIpc) is 3.61. The van der Waals surface area contributed by atoms with Gasteiger partial charge in [0.2, 0.25) is 0 Å². The Morgan fingerprint density at radius 3 is 2.14 bits per heavy atom. The summed E-state index contributed by atoms with van der Waals surface area (Å²) >= 11 is 17.5. The van der Waals surface area contributed by atoms with Gasteiger partial charge < -0.3 is 5.32 Å². The Kier molecular flexibility index (Phi) is 8.92. The van der Waals surface area contributed by atoms with Gasteiger partial charge >= 0.3 is 12.4 Å². The standard InChI is InChI=1S/C25H20Cl3F6NO2/c1-12(8-21(36)14-4-5-14)35-23(37)16-6-2-13(9-18(16)25(32,33)34)3-7-17(24(29,30)31)15-10-19(26)22(28)20(27)11-15/h2-3,6-7,9-12,14,17H,4-5,8H2,1H3,(H,35,37)/b7-3+/t12-,17?/m1/s1. The van der Waals surface area contributed by atoms with Gasteiger partial charge in [-0.1, -0.05) is 53.0 Å². The minimum atomic E-state index is -4.97. The van der Waals surface area contributed by atoms with Crippen LogP contribution in [0.15, 0.2) is 36.4 Å². The van der Waals surface area contributed by atoms with Crippen LogP contribution in [-0.4, -0.2) is 23.9 Å². The normalized spacial score (nSPS) is 16.1. The van der Waals surface area contributed by atoms with Crippen molar-refractivity contribution in [2.45, 2.75) is 50.5 Å². The van der Waals surface area contributed by atoms with Crippen molar-refractivity contribution in [2.75, 3.05) is 0 Å². The van der Waals surface area contributed by atoms with Crippen LogP contribution >= 0.6 is 34.8 Å². The van der Waals surface area contributed by atoms with E-state index >= 15 is 0 Å².